The molecule has 1 aliphatic rings. The van der Waals surface area contributed by atoms with E-state index in [2.05, 4.69) is 10.2 Å². The number of aliphatic carboxylic acids is 1. The molecule has 1 aromatic heterocycles. The van der Waals surface area contributed by atoms with Crippen LogP contribution < -0.4 is 0 Å². The van der Waals surface area contributed by atoms with Crippen LogP contribution in [0.3, 0.4) is 0 Å². The molecule has 7 nitrogen and oxygen atoms in total. The lowest BCUT2D eigenvalue weighted by atomic mass is 9.95. The van der Waals surface area contributed by atoms with Crippen molar-refractivity contribution in [1.29, 1.82) is 0 Å². The zero-order valence-electron chi connectivity index (χ0n) is 10.4. The summed E-state index contributed by atoms with van der Waals surface area (Å²) in [5, 5.41) is 14.9. The number of rotatable bonds is 5. The van der Waals surface area contributed by atoms with Crippen LogP contribution in [0.15, 0.2) is 17.3 Å². The van der Waals surface area contributed by atoms with E-state index in [0.29, 0.717) is 19.5 Å². The lowest BCUT2D eigenvalue weighted by Crippen LogP contribution is -2.40. The van der Waals surface area contributed by atoms with Crippen molar-refractivity contribution in [3.63, 3.8) is 0 Å². The zero-order chi connectivity index (χ0) is 13.9. The maximum absolute atomic E-state index is 12.3. The Kier molecular flexibility index (Phi) is 4.20. The number of carboxylic acids is 1. The maximum Gasteiger partial charge on any atom is 0.303 e. The summed E-state index contributed by atoms with van der Waals surface area (Å²) in [6, 6.07) is 1.43. The normalized spacial score (nSPS) is 21.4. The molecule has 2 N–H and O–H groups in total. The van der Waals surface area contributed by atoms with Crippen LogP contribution in [0.5, 0.6) is 0 Å². The summed E-state index contributed by atoms with van der Waals surface area (Å²) in [5.74, 6) is -0.726. The fraction of sp³-hybridized carbons (Fsp3) is 0.636. The number of nitrogens with one attached hydrogen (secondary N) is 1. The molecule has 1 saturated heterocycles. The second-order valence-corrected chi connectivity index (χ2v) is 6.63. The van der Waals surface area contributed by atoms with Gasteiger partial charge >= 0.3 is 5.97 Å². The Hall–Kier alpha value is -1.41. The number of aromatic nitrogens is 2. The third-order valence-corrected chi connectivity index (χ3v) is 5.14. The van der Waals surface area contributed by atoms with E-state index in [0.717, 1.165) is 12.8 Å². The fourth-order valence-corrected chi connectivity index (χ4v) is 3.79. The number of piperidine rings is 1. The summed E-state index contributed by atoms with van der Waals surface area (Å²) in [6.07, 6.45) is 3.64. The number of hydrogen-bond acceptors (Lipinski definition) is 4. The number of carboxylic acid groups (broad SMARTS) is 1. The Morgan fingerprint density at radius 1 is 1.58 bits per heavy atom. The molecule has 1 aromatic rings. The standard InChI is InChI=1S/C11H17N3O4S/c15-11(16)4-3-9-2-1-7-14(8-9)19(17,18)10-5-6-12-13-10/h5-6,9H,1-4,7-8H2,(H,12,13)(H,15,16). The van der Waals surface area contributed by atoms with Gasteiger partial charge in [-0.25, -0.2) is 8.42 Å². The van der Waals surface area contributed by atoms with Gasteiger partial charge in [-0.05, 0) is 31.2 Å². The van der Waals surface area contributed by atoms with Crippen LogP contribution in [0.4, 0.5) is 0 Å². The molecule has 1 unspecified atom stereocenters. The zero-order valence-corrected chi connectivity index (χ0v) is 11.3. The van der Waals surface area contributed by atoms with Gasteiger partial charge in [0.2, 0.25) is 0 Å². The second kappa shape index (κ2) is 5.70. The smallest absolute Gasteiger partial charge is 0.303 e. The van der Waals surface area contributed by atoms with Gasteiger partial charge in [0.25, 0.3) is 10.0 Å². The summed E-state index contributed by atoms with van der Waals surface area (Å²) in [5.41, 5.74) is 0. The molecular formula is C11H17N3O4S. The van der Waals surface area contributed by atoms with Crippen LogP contribution in [0.25, 0.3) is 0 Å². The summed E-state index contributed by atoms with van der Waals surface area (Å²) in [4.78, 5) is 10.6. The van der Waals surface area contributed by atoms with Gasteiger partial charge in [0.15, 0.2) is 5.03 Å². The summed E-state index contributed by atoms with van der Waals surface area (Å²) in [6.45, 7) is 0.861. The van der Waals surface area contributed by atoms with Crippen LogP contribution in [-0.2, 0) is 14.8 Å². The molecule has 8 heteroatoms. The average Bonchev–Trinajstić information content (AvgIpc) is 2.91. The van der Waals surface area contributed by atoms with E-state index in [-0.39, 0.29) is 17.4 Å². The average molecular weight is 287 g/mol. The van der Waals surface area contributed by atoms with Gasteiger partial charge in [0, 0.05) is 19.5 Å². The first-order chi connectivity index (χ1) is 9.00. The quantitative estimate of drug-likeness (QED) is 0.828. The lowest BCUT2D eigenvalue weighted by molar-refractivity contribution is -0.137. The summed E-state index contributed by atoms with van der Waals surface area (Å²) < 4.78 is 26.0. The molecule has 2 rings (SSSR count). The van der Waals surface area contributed by atoms with Gasteiger partial charge in [-0.1, -0.05) is 0 Å². The monoisotopic (exact) mass is 287 g/mol. The van der Waals surface area contributed by atoms with E-state index >= 15 is 0 Å². The molecule has 0 radical (unpaired) electrons. The van der Waals surface area contributed by atoms with Crippen molar-refractivity contribution in [2.24, 2.45) is 5.92 Å². The third kappa shape index (κ3) is 3.32. The SMILES string of the molecule is O=C(O)CCC1CCCN(S(=O)(=O)c2ccn[nH]2)C1. The highest BCUT2D eigenvalue weighted by Gasteiger charge is 2.31. The van der Waals surface area contributed by atoms with E-state index < -0.39 is 16.0 Å². The Balaban J connectivity index is 2.03. The molecule has 106 valence electrons. The lowest BCUT2D eigenvalue weighted by Gasteiger charge is -2.31. The number of aromatic amines is 1. The number of hydrogen-bond donors (Lipinski definition) is 2. The molecule has 0 saturated carbocycles. The highest BCUT2D eigenvalue weighted by Crippen LogP contribution is 2.25. The van der Waals surface area contributed by atoms with Gasteiger partial charge in [0.05, 0.1) is 6.20 Å². The number of carbonyl (C=O) groups is 1. The van der Waals surface area contributed by atoms with Crippen molar-refractivity contribution < 1.29 is 18.3 Å². The first-order valence-electron chi connectivity index (χ1n) is 6.21. The van der Waals surface area contributed by atoms with Gasteiger partial charge in [-0.2, -0.15) is 9.40 Å². The number of sulfonamides is 1. The minimum atomic E-state index is -3.52. The number of nitrogens with zero attached hydrogens (tertiary/aromatic N) is 2. The van der Waals surface area contributed by atoms with Gasteiger partial charge < -0.3 is 5.11 Å². The highest BCUT2D eigenvalue weighted by molar-refractivity contribution is 7.89. The predicted molar refractivity (Wildman–Crippen MR) is 66.9 cm³/mol. The first-order valence-corrected chi connectivity index (χ1v) is 7.65. The minimum Gasteiger partial charge on any atom is -0.481 e. The molecule has 0 aliphatic carbocycles. The van der Waals surface area contributed by atoms with Crippen molar-refractivity contribution in [2.75, 3.05) is 13.1 Å². The van der Waals surface area contributed by atoms with E-state index in [1.165, 1.54) is 16.6 Å². The maximum atomic E-state index is 12.3. The van der Waals surface area contributed by atoms with Crippen molar-refractivity contribution in [3.8, 4) is 0 Å². The van der Waals surface area contributed by atoms with E-state index in [9.17, 15) is 13.2 Å². The third-order valence-electron chi connectivity index (χ3n) is 3.34. The molecule has 2 heterocycles. The molecule has 1 aliphatic heterocycles. The van der Waals surface area contributed by atoms with Gasteiger partial charge in [-0.3, -0.25) is 9.89 Å². The van der Waals surface area contributed by atoms with Crippen LogP contribution >= 0.6 is 0 Å². The molecule has 0 amide bonds. The largest absolute Gasteiger partial charge is 0.481 e. The van der Waals surface area contributed by atoms with Crippen LogP contribution in [0, 0.1) is 5.92 Å². The summed E-state index contributed by atoms with van der Waals surface area (Å²) >= 11 is 0. The van der Waals surface area contributed by atoms with Gasteiger partial charge in [0.1, 0.15) is 0 Å². The molecule has 1 atom stereocenters. The van der Waals surface area contributed by atoms with Gasteiger partial charge in [-0.15, -0.1) is 0 Å². The Morgan fingerprint density at radius 3 is 3.00 bits per heavy atom. The number of H-pyrrole nitrogens is 1. The van der Waals surface area contributed by atoms with E-state index in [4.69, 9.17) is 5.11 Å². The van der Waals surface area contributed by atoms with Crippen molar-refractivity contribution in [2.45, 2.75) is 30.7 Å². The summed E-state index contributed by atoms with van der Waals surface area (Å²) in [7, 11) is -3.52. The Labute approximate surface area is 111 Å². The first kappa shape index (κ1) is 14.0. The van der Waals surface area contributed by atoms with Crippen molar-refractivity contribution >= 4 is 16.0 Å². The molecule has 0 bridgehead atoms. The van der Waals surface area contributed by atoms with E-state index in [1.54, 1.807) is 0 Å². The van der Waals surface area contributed by atoms with Crippen molar-refractivity contribution in [3.05, 3.63) is 12.3 Å². The van der Waals surface area contributed by atoms with Crippen molar-refractivity contribution in [1.82, 2.24) is 14.5 Å². The fourth-order valence-electron chi connectivity index (χ4n) is 2.33. The molecule has 1 fully saturated rings. The van der Waals surface area contributed by atoms with Crippen LogP contribution in [0.1, 0.15) is 25.7 Å². The highest BCUT2D eigenvalue weighted by atomic mass is 32.2. The van der Waals surface area contributed by atoms with E-state index in [1.807, 2.05) is 0 Å². The predicted octanol–water partition coefficient (Wildman–Crippen LogP) is 0.675. The topological polar surface area (TPSA) is 103 Å². The molecule has 0 aromatic carbocycles. The minimum absolute atomic E-state index is 0.0859. The van der Waals surface area contributed by atoms with Crippen LogP contribution in [0.2, 0.25) is 0 Å². The molecule has 19 heavy (non-hydrogen) atoms. The molecular weight excluding hydrogens is 270 g/mol. The Morgan fingerprint density at radius 2 is 2.37 bits per heavy atom. The molecule has 0 spiro atoms. The second-order valence-electron chi connectivity index (χ2n) is 4.72. The van der Waals surface area contributed by atoms with Crippen LogP contribution in [-0.4, -0.2) is 47.1 Å². The Bertz CT molecular complexity index is 526.